The number of hydrogen-bond donors (Lipinski definition) is 1. The van der Waals surface area contributed by atoms with Gasteiger partial charge in [-0.15, -0.1) is 0 Å². The van der Waals surface area contributed by atoms with Gasteiger partial charge in [0, 0.05) is 0 Å². The summed E-state index contributed by atoms with van der Waals surface area (Å²) < 4.78 is 0. The molecule has 0 fully saturated rings. The summed E-state index contributed by atoms with van der Waals surface area (Å²) in [5.74, 6) is 0. The minimum atomic E-state index is -1.71. The van der Waals surface area contributed by atoms with Crippen molar-refractivity contribution < 1.29 is 0 Å². The fourth-order valence-corrected chi connectivity index (χ4v) is 4.08. The molecule has 1 N–H and O–H groups in total. The third kappa shape index (κ3) is 4.30. The molecule has 2 aliphatic carbocycles. The molecule has 2 aliphatic rings. The van der Waals surface area contributed by atoms with Crippen molar-refractivity contribution in [2.75, 3.05) is 13.3 Å². The van der Waals surface area contributed by atoms with Crippen molar-refractivity contribution >= 4 is 17.9 Å². The van der Waals surface area contributed by atoms with Gasteiger partial charge in [0.15, 0.2) is 0 Å². The second-order valence-electron chi connectivity index (χ2n) is 7.06. The number of nitrogens with one attached hydrogen (secondary N) is 1. The topological polar surface area (TPSA) is 23.9 Å². The molecule has 0 atom stereocenters. The Morgan fingerprint density at radius 3 is 2.48 bits per heavy atom. The molecule has 1 nitrogen and oxygen atoms in total. The average Bonchev–Trinajstić information content (AvgIpc) is 2.62. The zero-order chi connectivity index (χ0) is 17.9. The van der Waals surface area contributed by atoms with Crippen molar-refractivity contribution in [3.63, 3.8) is 0 Å². The van der Waals surface area contributed by atoms with Gasteiger partial charge < -0.3 is 5.16 Å². The summed E-state index contributed by atoms with van der Waals surface area (Å²) in [5, 5.41) is 9.41. The Bertz CT molecular complexity index is 867. The van der Waals surface area contributed by atoms with Crippen molar-refractivity contribution in [2.45, 2.75) is 19.3 Å². The second kappa shape index (κ2) is 7.42. The Morgan fingerprint density at radius 2 is 1.84 bits per heavy atom. The maximum Gasteiger partial charge on any atom is -0.00862 e. The lowest BCUT2D eigenvalue weighted by Crippen LogP contribution is -2.03. The molecule has 0 unspecified atom stereocenters. The summed E-state index contributed by atoms with van der Waals surface area (Å²) in [6.07, 6.45) is 18.4. The van der Waals surface area contributed by atoms with Crippen LogP contribution < -0.4 is 5.30 Å². The molecule has 0 amide bonds. The lowest BCUT2D eigenvalue weighted by atomic mass is 9.87. The average molecular weight is 347 g/mol. The van der Waals surface area contributed by atoms with Crippen LogP contribution in [-0.2, 0) is 0 Å². The van der Waals surface area contributed by atoms with E-state index in [9.17, 15) is 0 Å². The maximum absolute atomic E-state index is 8.27. The van der Waals surface area contributed by atoms with E-state index in [0.717, 1.165) is 35.7 Å². The predicted octanol–water partition coefficient (Wildman–Crippen LogP) is 6.45. The largest absolute Gasteiger partial charge is 0.315 e. The molecule has 2 heteroatoms. The van der Waals surface area contributed by atoms with Gasteiger partial charge in [0.05, 0.1) is 0 Å². The van der Waals surface area contributed by atoms with Crippen molar-refractivity contribution in [2.24, 2.45) is 0 Å². The van der Waals surface area contributed by atoms with Gasteiger partial charge in [-0.3, -0.25) is 0 Å². The summed E-state index contributed by atoms with van der Waals surface area (Å²) in [7, 11) is -1.71. The van der Waals surface area contributed by atoms with Crippen molar-refractivity contribution in [1.82, 2.24) is 0 Å². The van der Waals surface area contributed by atoms with Crippen LogP contribution in [0, 0.1) is 5.16 Å². The van der Waals surface area contributed by atoms with Gasteiger partial charge >= 0.3 is 0 Å². The van der Waals surface area contributed by atoms with Gasteiger partial charge in [-0.2, -0.15) is 0 Å². The van der Waals surface area contributed by atoms with E-state index in [1.54, 1.807) is 0 Å². The maximum atomic E-state index is 8.27. The first kappa shape index (κ1) is 17.7. The number of rotatable bonds is 4. The van der Waals surface area contributed by atoms with Crippen LogP contribution in [0.1, 0.15) is 24.8 Å². The third-order valence-corrected chi connectivity index (χ3v) is 6.27. The fourth-order valence-electron chi connectivity index (χ4n) is 3.19. The minimum Gasteiger partial charge on any atom is -0.315 e. The van der Waals surface area contributed by atoms with Crippen LogP contribution in [-0.4, -0.2) is 13.3 Å². The molecule has 0 heterocycles. The van der Waals surface area contributed by atoms with Gasteiger partial charge in [-0.1, -0.05) is 73.4 Å². The Kier molecular flexibility index (Phi) is 5.25. The molecule has 25 heavy (non-hydrogen) atoms. The number of allylic oxidation sites excluding steroid dienone is 11. The fraction of sp³-hybridized carbons (Fsp3) is 0.217. The van der Waals surface area contributed by atoms with Crippen LogP contribution in [0.15, 0.2) is 90.1 Å². The normalized spacial score (nSPS) is 18.9. The highest BCUT2D eigenvalue weighted by Crippen LogP contribution is 2.37. The molecule has 1 aromatic rings. The first-order valence-electron chi connectivity index (χ1n) is 8.78. The summed E-state index contributed by atoms with van der Waals surface area (Å²) in [4.78, 5) is 0. The van der Waals surface area contributed by atoms with Crippen molar-refractivity contribution in [3.8, 4) is 0 Å². The van der Waals surface area contributed by atoms with Crippen molar-refractivity contribution in [3.05, 3.63) is 95.7 Å². The Labute approximate surface area is 151 Å². The molecule has 0 aliphatic heterocycles. The zero-order valence-corrected chi connectivity index (χ0v) is 16.0. The lowest BCUT2D eigenvalue weighted by molar-refractivity contribution is 0.983. The van der Waals surface area contributed by atoms with Crippen molar-refractivity contribution in [1.29, 1.82) is 5.16 Å². The van der Waals surface area contributed by atoms with Crippen LogP contribution >= 0.6 is 7.05 Å². The van der Waals surface area contributed by atoms with E-state index in [4.69, 9.17) is 5.16 Å². The van der Waals surface area contributed by atoms with Gasteiger partial charge in [0.2, 0.25) is 0 Å². The Morgan fingerprint density at radius 1 is 1.08 bits per heavy atom. The Balaban J connectivity index is 1.93. The van der Waals surface area contributed by atoms with Crippen LogP contribution in [0.2, 0.25) is 0 Å². The van der Waals surface area contributed by atoms with E-state index in [1.165, 1.54) is 16.7 Å². The molecule has 0 spiro atoms. The quantitative estimate of drug-likeness (QED) is 0.605. The molecule has 0 aromatic heterocycles. The summed E-state index contributed by atoms with van der Waals surface area (Å²) >= 11 is 0. The Hall–Kier alpha value is -2.11. The van der Waals surface area contributed by atoms with Gasteiger partial charge in [-0.05, 0) is 72.8 Å². The summed E-state index contributed by atoms with van der Waals surface area (Å²) in [6, 6.07) is 8.47. The lowest BCUT2D eigenvalue weighted by Gasteiger charge is -2.18. The van der Waals surface area contributed by atoms with Gasteiger partial charge in [-0.25, -0.2) is 0 Å². The van der Waals surface area contributed by atoms with Crippen LogP contribution in [0.3, 0.4) is 0 Å². The van der Waals surface area contributed by atoms with E-state index in [0.29, 0.717) is 0 Å². The SMILES string of the molecule is C=C(C1=C(/C=C2/C=CC=CC2)C=CCC1)c1ccc(P(C)(C)=N)cc1. The number of benzene rings is 1. The molecule has 0 saturated carbocycles. The molecule has 0 radical (unpaired) electrons. The molecule has 0 saturated heterocycles. The highest BCUT2D eigenvalue weighted by molar-refractivity contribution is 7.71. The van der Waals surface area contributed by atoms with Crippen LogP contribution in [0.25, 0.3) is 5.57 Å². The molecule has 3 rings (SSSR count). The number of hydrogen-bond acceptors (Lipinski definition) is 1. The summed E-state index contributed by atoms with van der Waals surface area (Å²) in [5.41, 5.74) is 6.23. The molecule has 1 aromatic carbocycles. The predicted molar refractivity (Wildman–Crippen MR) is 113 cm³/mol. The molecular weight excluding hydrogens is 321 g/mol. The van der Waals surface area contributed by atoms with Gasteiger partial charge in [0.25, 0.3) is 0 Å². The second-order valence-corrected chi connectivity index (χ2v) is 10.5. The van der Waals surface area contributed by atoms with Gasteiger partial charge in [0.1, 0.15) is 0 Å². The van der Waals surface area contributed by atoms with E-state index >= 15 is 0 Å². The smallest absolute Gasteiger partial charge is 0.00862 e. The first-order valence-corrected chi connectivity index (χ1v) is 11.5. The molecular formula is C23H26NP. The highest BCUT2D eigenvalue weighted by atomic mass is 31.2. The monoisotopic (exact) mass is 347 g/mol. The van der Waals surface area contributed by atoms with E-state index in [-0.39, 0.29) is 0 Å². The molecule has 128 valence electrons. The van der Waals surface area contributed by atoms with E-state index in [2.05, 4.69) is 73.4 Å². The van der Waals surface area contributed by atoms with E-state index < -0.39 is 7.05 Å². The highest BCUT2D eigenvalue weighted by Gasteiger charge is 2.13. The zero-order valence-electron chi connectivity index (χ0n) is 15.1. The van der Waals surface area contributed by atoms with Crippen LogP contribution in [0.4, 0.5) is 0 Å². The minimum absolute atomic E-state index is 0.991. The molecule has 0 bridgehead atoms. The van der Waals surface area contributed by atoms with Crippen LogP contribution in [0.5, 0.6) is 0 Å². The van der Waals surface area contributed by atoms with E-state index in [1.807, 2.05) is 13.3 Å². The standard InChI is InChI=1S/C23H26NP/c1-18(20-13-15-22(16-14-20)25(2,3)24)23-12-8-7-11-21(23)17-19-9-5-4-6-10-19/h4-7,9,11,13-17,24H,1,8,10,12H2,2-3H3/b19-17-. The summed E-state index contributed by atoms with van der Waals surface area (Å²) in [6.45, 7) is 8.45. The first-order chi connectivity index (χ1) is 11.9. The third-order valence-electron chi connectivity index (χ3n) is 4.68.